The van der Waals surface area contributed by atoms with Crippen molar-refractivity contribution in [2.24, 2.45) is 5.84 Å². The van der Waals surface area contributed by atoms with Gasteiger partial charge in [-0.1, -0.05) is 22.0 Å². The average Bonchev–Trinajstić information content (AvgIpc) is 2.41. The monoisotopic (exact) mass is 319 g/mol. The molecule has 0 aliphatic carbocycles. The zero-order valence-corrected chi connectivity index (χ0v) is 12.0. The molecule has 0 radical (unpaired) electrons. The van der Waals surface area contributed by atoms with Gasteiger partial charge < -0.3 is 10.7 Å². The highest BCUT2D eigenvalue weighted by Crippen LogP contribution is 2.19. The average molecular weight is 320 g/mol. The van der Waals surface area contributed by atoms with Crippen molar-refractivity contribution in [2.75, 3.05) is 10.7 Å². The first-order chi connectivity index (χ1) is 9.10. The number of hydrogen-bond acceptors (Lipinski definition) is 3. The summed E-state index contributed by atoms with van der Waals surface area (Å²) < 4.78 is 0.963. The molecule has 0 fully saturated rings. The lowest BCUT2D eigenvalue weighted by atomic mass is 10.1. The predicted octanol–water partition coefficient (Wildman–Crippen LogP) is 3.30. The van der Waals surface area contributed by atoms with Crippen LogP contribution in [0.15, 0.2) is 46.9 Å². The lowest BCUT2D eigenvalue weighted by Crippen LogP contribution is -2.17. The Hall–Kier alpha value is -1.85. The molecule has 0 unspecified atom stereocenters. The molecule has 2 aromatic carbocycles. The maximum absolute atomic E-state index is 12.2. The van der Waals surface area contributed by atoms with Gasteiger partial charge in [-0.3, -0.25) is 10.6 Å². The Morgan fingerprint density at radius 3 is 2.47 bits per heavy atom. The van der Waals surface area contributed by atoms with E-state index in [1.165, 1.54) is 0 Å². The number of carbonyl (C=O) groups is 1. The van der Waals surface area contributed by atoms with Crippen LogP contribution >= 0.6 is 15.9 Å². The number of hydrazine groups is 1. The SMILES string of the molecule is Cc1ccc(C(=O)Nc2ccc(Br)cc2)c(NN)c1. The Morgan fingerprint density at radius 2 is 1.84 bits per heavy atom. The second kappa shape index (κ2) is 5.86. The number of benzene rings is 2. The highest BCUT2D eigenvalue weighted by Gasteiger charge is 2.11. The van der Waals surface area contributed by atoms with Crippen molar-refractivity contribution < 1.29 is 4.79 Å². The predicted molar refractivity (Wildman–Crippen MR) is 81.1 cm³/mol. The number of nitrogens with two attached hydrogens (primary N) is 1. The van der Waals surface area contributed by atoms with Crippen LogP contribution in [0.5, 0.6) is 0 Å². The van der Waals surface area contributed by atoms with Crippen LogP contribution in [0.1, 0.15) is 15.9 Å². The summed E-state index contributed by atoms with van der Waals surface area (Å²) in [5.74, 6) is 5.24. The van der Waals surface area contributed by atoms with Gasteiger partial charge in [0.15, 0.2) is 0 Å². The van der Waals surface area contributed by atoms with Crippen molar-refractivity contribution in [3.8, 4) is 0 Å². The van der Waals surface area contributed by atoms with Gasteiger partial charge in [0.05, 0.1) is 11.3 Å². The van der Waals surface area contributed by atoms with Gasteiger partial charge >= 0.3 is 0 Å². The fourth-order valence-corrected chi connectivity index (χ4v) is 1.97. The summed E-state index contributed by atoms with van der Waals surface area (Å²) in [7, 11) is 0. The molecular weight excluding hydrogens is 306 g/mol. The van der Waals surface area contributed by atoms with Crippen LogP contribution in [-0.2, 0) is 0 Å². The largest absolute Gasteiger partial charge is 0.323 e. The first-order valence-electron chi connectivity index (χ1n) is 5.74. The van der Waals surface area contributed by atoms with E-state index in [2.05, 4.69) is 26.7 Å². The van der Waals surface area contributed by atoms with Crippen LogP contribution in [0.2, 0.25) is 0 Å². The summed E-state index contributed by atoms with van der Waals surface area (Å²) in [6.07, 6.45) is 0. The number of carbonyl (C=O) groups excluding carboxylic acids is 1. The highest BCUT2D eigenvalue weighted by molar-refractivity contribution is 9.10. The topological polar surface area (TPSA) is 67.2 Å². The third kappa shape index (κ3) is 3.33. The summed E-state index contributed by atoms with van der Waals surface area (Å²) in [5, 5.41) is 2.82. The molecule has 5 heteroatoms. The number of aryl methyl sites for hydroxylation is 1. The van der Waals surface area contributed by atoms with Crippen LogP contribution in [0, 0.1) is 6.92 Å². The summed E-state index contributed by atoms with van der Waals surface area (Å²) in [5.41, 5.74) is 5.43. The minimum atomic E-state index is -0.199. The van der Waals surface area contributed by atoms with Crippen LogP contribution < -0.4 is 16.6 Å². The summed E-state index contributed by atoms with van der Waals surface area (Å²) in [6.45, 7) is 1.94. The van der Waals surface area contributed by atoms with E-state index in [0.717, 1.165) is 15.7 Å². The molecule has 0 spiro atoms. The number of amides is 1. The van der Waals surface area contributed by atoms with Crippen molar-refractivity contribution >= 4 is 33.2 Å². The van der Waals surface area contributed by atoms with E-state index in [0.29, 0.717) is 11.3 Å². The molecule has 0 bridgehead atoms. The first kappa shape index (κ1) is 13.6. The minimum absolute atomic E-state index is 0.199. The van der Waals surface area contributed by atoms with Gasteiger partial charge in [0.25, 0.3) is 5.91 Å². The van der Waals surface area contributed by atoms with E-state index >= 15 is 0 Å². The fraction of sp³-hybridized carbons (Fsp3) is 0.0714. The molecule has 98 valence electrons. The van der Waals surface area contributed by atoms with Gasteiger partial charge in [-0.25, -0.2) is 0 Å². The van der Waals surface area contributed by atoms with E-state index in [-0.39, 0.29) is 5.91 Å². The third-order valence-corrected chi connectivity index (χ3v) is 3.21. The van der Waals surface area contributed by atoms with Crippen molar-refractivity contribution in [1.29, 1.82) is 0 Å². The molecule has 1 amide bonds. The van der Waals surface area contributed by atoms with Crippen molar-refractivity contribution in [2.45, 2.75) is 6.92 Å². The maximum atomic E-state index is 12.2. The quantitative estimate of drug-likeness (QED) is 0.600. The number of nitrogen functional groups attached to an aromatic ring is 1. The Labute approximate surface area is 120 Å². The van der Waals surface area contributed by atoms with Crippen molar-refractivity contribution in [3.63, 3.8) is 0 Å². The molecule has 4 N–H and O–H groups in total. The fourth-order valence-electron chi connectivity index (χ4n) is 1.71. The molecule has 2 aromatic rings. The van der Waals surface area contributed by atoms with Crippen LogP contribution in [0.3, 0.4) is 0 Å². The molecule has 0 atom stereocenters. The molecule has 2 rings (SSSR count). The Kier molecular flexibility index (Phi) is 4.19. The molecule has 0 heterocycles. The molecule has 0 saturated carbocycles. The Bertz CT molecular complexity index is 596. The van der Waals surface area contributed by atoms with E-state index in [9.17, 15) is 4.79 Å². The number of hydrogen-bond donors (Lipinski definition) is 3. The highest BCUT2D eigenvalue weighted by atomic mass is 79.9. The van der Waals surface area contributed by atoms with Gasteiger partial charge in [0.2, 0.25) is 0 Å². The zero-order chi connectivity index (χ0) is 13.8. The number of halogens is 1. The zero-order valence-electron chi connectivity index (χ0n) is 10.4. The van der Waals surface area contributed by atoms with Gasteiger partial charge in [0, 0.05) is 10.2 Å². The molecule has 0 saturated heterocycles. The molecular formula is C14H14BrN3O. The Morgan fingerprint density at radius 1 is 1.16 bits per heavy atom. The summed E-state index contributed by atoms with van der Waals surface area (Å²) in [6, 6.07) is 12.8. The molecule has 0 aliphatic heterocycles. The number of rotatable bonds is 3. The maximum Gasteiger partial charge on any atom is 0.257 e. The van der Waals surface area contributed by atoms with Crippen molar-refractivity contribution in [3.05, 3.63) is 58.1 Å². The van der Waals surface area contributed by atoms with E-state index in [1.54, 1.807) is 6.07 Å². The Balaban J connectivity index is 2.22. The molecule has 4 nitrogen and oxygen atoms in total. The van der Waals surface area contributed by atoms with Crippen molar-refractivity contribution in [1.82, 2.24) is 0 Å². The van der Waals surface area contributed by atoms with E-state index in [1.807, 2.05) is 43.3 Å². The smallest absolute Gasteiger partial charge is 0.257 e. The number of anilines is 2. The molecule has 19 heavy (non-hydrogen) atoms. The molecule has 0 aromatic heterocycles. The van der Waals surface area contributed by atoms with Gasteiger partial charge in [-0.2, -0.15) is 0 Å². The third-order valence-electron chi connectivity index (χ3n) is 2.68. The minimum Gasteiger partial charge on any atom is -0.323 e. The summed E-state index contributed by atoms with van der Waals surface area (Å²) in [4.78, 5) is 12.2. The van der Waals surface area contributed by atoms with Crippen LogP contribution in [0.25, 0.3) is 0 Å². The number of nitrogens with one attached hydrogen (secondary N) is 2. The van der Waals surface area contributed by atoms with Crippen LogP contribution in [-0.4, -0.2) is 5.91 Å². The normalized spacial score (nSPS) is 10.1. The standard InChI is InChI=1S/C14H14BrN3O/c1-9-2-7-12(13(8-9)18-16)14(19)17-11-5-3-10(15)4-6-11/h2-8,18H,16H2,1H3,(H,17,19). The second-order valence-electron chi connectivity index (χ2n) is 4.15. The lowest BCUT2D eigenvalue weighted by molar-refractivity contribution is 0.102. The lowest BCUT2D eigenvalue weighted by Gasteiger charge is -2.10. The van der Waals surface area contributed by atoms with Gasteiger partial charge in [0.1, 0.15) is 0 Å². The van der Waals surface area contributed by atoms with E-state index in [4.69, 9.17) is 5.84 Å². The van der Waals surface area contributed by atoms with Gasteiger partial charge in [-0.05, 0) is 48.9 Å². The first-order valence-corrected chi connectivity index (χ1v) is 6.53. The van der Waals surface area contributed by atoms with E-state index < -0.39 is 0 Å². The summed E-state index contributed by atoms with van der Waals surface area (Å²) >= 11 is 3.35. The van der Waals surface area contributed by atoms with Gasteiger partial charge in [-0.15, -0.1) is 0 Å². The van der Waals surface area contributed by atoms with Crippen LogP contribution in [0.4, 0.5) is 11.4 Å². The second-order valence-corrected chi connectivity index (χ2v) is 5.07. The molecule has 0 aliphatic rings.